The van der Waals surface area contributed by atoms with Crippen LogP contribution in [0.2, 0.25) is 0 Å². The standard InChI is InChI=1S/C14H13F3N2O/c15-14(16,17)12-5-3-10(4-6-12)9-19-7-1-2-11(8-18)13(19)20/h1-7H,8-9,18H2. The number of benzene rings is 1. The van der Waals surface area contributed by atoms with Crippen LogP contribution in [0.25, 0.3) is 0 Å². The van der Waals surface area contributed by atoms with E-state index in [1.165, 1.54) is 16.7 Å². The summed E-state index contributed by atoms with van der Waals surface area (Å²) in [5.41, 5.74) is 5.60. The summed E-state index contributed by atoms with van der Waals surface area (Å²) in [6.07, 6.45) is -2.77. The Labute approximate surface area is 113 Å². The fourth-order valence-electron chi connectivity index (χ4n) is 1.86. The Hall–Kier alpha value is -2.08. The largest absolute Gasteiger partial charge is 0.416 e. The van der Waals surface area contributed by atoms with Crippen LogP contribution in [0.1, 0.15) is 16.7 Å². The molecule has 6 heteroatoms. The van der Waals surface area contributed by atoms with E-state index in [1.807, 2.05) is 0 Å². The molecule has 0 saturated heterocycles. The Morgan fingerprint density at radius 1 is 1.10 bits per heavy atom. The Morgan fingerprint density at radius 3 is 2.30 bits per heavy atom. The van der Waals surface area contributed by atoms with Crippen LogP contribution in [-0.2, 0) is 19.3 Å². The quantitative estimate of drug-likeness (QED) is 0.939. The van der Waals surface area contributed by atoms with E-state index >= 15 is 0 Å². The van der Waals surface area contributed by atoms with Crippen LogP contribution < -0.4 is 11.3 Å². The molecule has 0 radical (unpaired) electrons. The molecule has 0 aliphatic heterocycles. The second kappa shape index (κ2) is 5.50. The highest BCUT2D eigenvalue weighted by atomic mass is 19.4. The molecule has 0 atom stereocenters. The lowest BCUT2D eigenvalue weighted by Crippen LogP contribution is -2.25. The Morgan fingerprint density at radius 2 is 1.75 bits per heavy atom. The third kappa shape index (κ3) is 3.08. The summed E-state index contributed by atoms with van der Waals surface area (Å²) in [7, 11) is 0. The molecule has 1 aromatic heterocycles. The van der Waals surface area contributed by atoms with Crippen LogP contribution in [-0.4, -0.2) is 4.57 Å². The first-order chi connectivity index (χ1) is 9.41. The van der Waals surface area contributed by atoms with E-state index in [9.17, 15) is 18.0 Å². The van der Waals surface area contributed by atoms with Gasteiger partial charge in [0, 0.05) is 18.3 Å². The number of nitrogens with zero attached hydrogens (tertiary/aromatic N) is 1. The van der Waals surface area contributed by atoms with E-state index in [1.54, 1.807) is 18.3 Å². The van der Waals surface area contributed by atoms with Gasteiger partial charge in [0.2, 0.25) is 0 Å². The minimum absolute atomic E-state index is 0.132. The van der Waals surface area contributed by atoms with Crippen molar-refractivity contribution in [1.29, 1.82) is 0 Å². The zero-order valence-corrected chi connectivity index (χ0v) is 10.5. The number of halogens is 3. The predicted octanol–water partition coefficient (Wildman–Crippen LogP) is 2.37. The van der Waals surface area contributed by atoms with Gasteiger partial charge in [0.15, 0.2) is 0 Å². The molecule has 1 aromatic carbocycles. The van der Waals surface area contributed by atoms with Crippen LogP contribution >= 0.6 is 0 Å². The number of pyridine rings is 1. The number of hydrogen-bond donors (Lipinski definition) is 1. The monoisotopic (exact) mass is 282 g/mol. The van der Waals surface area contributed by atoms with Crippen molar-refractivity contribution in [2.24, 2.45) is 5.73 Å². The summed E-state index contributed by atoms with van der Waals surface area (Å²) in [4.78, 5) is 11.9. The van der Waals surface area contributed by atoms with E-state index in [2.05, 4.69) is 0 Å². The molecule has 2 rings (SSSR count). The van der Waals surface area contributed by atoms with Crippen molar-refractivity contribution >= 4 is 0 Å². The molecule has 0 bridgehead atoms. The highest BCUT2D eigenvalue weighted by Crippen LogP contribution is 2.29. The summed E-state index contributed by atoms with van der Waals surface area (Å²) < 4.78 is 38.7. The van der Waals surface area contributed by atoms with Crippen molar-refractivity contribution in [3.63, 3.8) is 0 Å². The molecule has 0 aliphatic carbocycles. The zero-order chi connectivity index (χ0) is 14.8. The molecule has 0 spiro atoms. The van der Waals surface area contributed by atoms with E-state index in [4.69, 9.17) is 5.73 Å². The average Bonchev–Trinajstić information content (AvgIpc) is 2.41. The van der Waals surface area contributed by atoms with E-state index in [0.29, 0.717) is 11.1 Å². The first-order valence-corrected chi connectivity index (χ1v) is 5.96. The van der Waals surface area contributed by atoms with E-state index in [0.717, 1.165) is 12.1 Å². The summed E-state index contributed by atoms with van der Waals surface area (Å²) in [6.45, 7) is 0.345. The van der Waals surface area contributed by atoms with Crippen molar-refractivity contribution in [3.8, 4) is 0 Å². The third-order valence-electron chi connectivity index (χ3n) is 2.95. The number of alkyl halides is 3. The van der Waals surface area contributed by atoms with Gasteiger partial charge in [0.25, 0.3) is 5.56 Å². The molecule has 2 N–H and O–H groups in total. The second-order valence-electron chi connectivity index (χ2n) is 4.37. The van der Waals surface area contributed by atoms with Gasteiger partial charge >= 0.3 is 6.18 Å². The average molecular weight is 282 g/mol. The van der Waals surface area contributed by atoms with Gasteiger partial charge in [0.05, 0.1) is 12.1 Å². The molecule has 1 heterocycles. The summed E-state index contributed by atoms with van der Waals surface area (Å²) in [6, 6.07) is 8.06. The number of hydrogen-bond acceptors (Lipinski definition) is 2. The molecule has 0 saturated carbocycles. The Balaban J connectivity index is 2.25. The van der Waals surface area contributed by atoms with Gasteiger partial charge in [-0.05, 0) is 23.8 Å². The molecule has 3 nitrogen and oxygen atoms in total. The molecule has 2 aromatic rings. The van der Waals surface area contributed by atoms with E-state index < -0.39 is 11.7 Å². The predicted molar refractivity (Wildman–Crippen MR) is 69.1 cm³/mol. The zero-order valence-electron chi connectivity index (χ0n) is 10.5. The Bertz CT molecular complexity index is 645. The van der Waals surface area contributed by atoms with Crippen molar-refractivity contribution in [1.82, 2.24) is 4.57 Å². The maximum atomic E-state index is 12.4. The number of nitrogens with two attached hydrogens (primary N) is 1. The van der Waals surface area contributed by atoms with Crippen LogP contribution in [0.4, 0.5) is 13.2 Å². The SMILES string of the molecule is NCc1cccn(Cc2ccc(C(F)(F)F)cc2)c1=O. The van der Waals surface area contributed by atoms with Gasteiger partial charge < -0.3 is 10.3 Å². The molecule has 0 unspecified atom stereocenters. The molecule has 106 valence electrons. The molecule has 0 fully saturated rings. The number of rotatable bonds is 3. The van der Waals surface area contributed by atoms with Gasteiger partial charge in [-0.2, -0.15) is 13.2 Å². The first kappa shape index (κ1) is 14.3. The van der Waals surface area contributed by atoms with Gasteiger partial charge in [-0.25, -0.2) is 0 Å². The van der Waals surface area contributed by atoms with Crippen LogP contribution in [0.3, 0.4) is 0 Å². The van der Waals surface area contributed by atoms with Crippen molar-refractivity contribution < 1.29 is 13.2 Å². The molecular weight excluding hydrogens is 269 g/mol. The van der Waals surface area contributed by atoms with Crippen LogP contribution in [0.15, 0.2) is 47.4 Å². The summed E-state index contributed by atoms with van der Waals surface area (Å²) >= 11 is 0. The maximum absolute atomic E-state index is 12.4. The smallest absolute Gasteiger partial charge is 0.326 e. The molecule has 20 heavy (non-hydrogen) atoms. The second-order valence-corrected chi connectivity index (χ2v) is 4.37. The maximum Gasteiger partial charge on any atom is 0.416 e. The van der Waals surface area contributed by atoms with Gasteiger partial charge in [-0.1, -0.05) is 18.2 Å². The highest BCUT2D eigenvalue weighted by Gasteiger charge is 2.29. The summed E-state index contributed by atoms with van der Waals surface area (Å²) in [5, 5.41) is 0. The van der Waals surface area contributed by atoms with Crippen molar-refractivity contribution in [2.45, 2.75) is 19.3 Å². The van der Waals surface area contributed by atoms with Crippen LogP contribution in [0.5, 0.6) is 0 Å². The topological polar surface area (TPSA) is 48.0 Å². The van der Waals surface area contributed by atoms with Gasteiger partial charge in [-0.15, -0.1) is 0 Å². The normalized spacial score (nSPS) is 11.6. The van der Waals surface area contributed by atoms with Crippen molar-refractivity contribution in [2.75, 3.05) is 0 Å². The summed E-state index contributed by atoms with van der Waals surface area (Å²) in [5.74, 6) is 0. The Kier molecular flexibility index (Phi) is 3.94. The minimum Gasteiger partial charge on any atom is -0.326 e. The van der Waals surface area contributed by atoms with E-state index in [-0.39, 0.29) is 18.6 Å². The van der Waals surface area contributed by atoms with Gasteiger partial charge in [0.1, 0.15) is 0 Å². The van der Waals surface area contributed by atoms with Crippen LogP contribution in [0, 0.1) is 0 Å². The third-order valence-corrected chi connectivity index (χ3v) is 2.95. The molecule has 0 aliphatic rings. The lowest BCUT2D eigenvalue weighted by atomic mass is 10.1. The number of aromatic nitrogens is 1. The fourth-order valence-corrected chi connectivity index (χ4v) is 1.86. The van der Waals surface area contributed by atoms with Crippen molar-refractivity contribution in [3.05, 3.63) is 69.6 Å². The van der Waals surface area contributed by atoms with Gasteiger partial charge in [-0.3, -0.25) is 4.79 Å². The lowest BCUT2D eigenvalue weighted by molar-refractivity contribution is -0.137. The lowest BCUT2D eigenvalue weighted by Gasteiger charge is -2.09. The molecule has 0 amide bonds. The highest BCUT2D eigenvalue weighted by molar-refractivity contribution is 5.25. The molecular formula is C14H13F3N2O. The minimum atomic E-state index is -4.35. The fraction of sp³-hybridized carbons (Fsp3) is 0.214. The first-order valence-electron chi connectivity index (χ1n) is 5.96.